The van der Waals surface area contributed by atoms with Gasteiger partial charge in [0.25, 0.3) is 0 Å². The van der Waals surface area contributed by atoms with E-state index in [9.17, 15) is 8.78 Å². The highest BCUT2D eigenvalue weighted by molar-refractivity contribution is 5.86. The number of hydrogen-bond donors (Lipinski definition) is 2. The number of hydrogen-bond acceptors (Lipinski definition) is 1. The normalized spacial score (nSPS) is 20.1. The predicted octanol–water partition coefficient (Wildman–Crippen LogP) is 2.48. The molecule has 2 heterocycles. The first kappa shape index (κ1) is 9.78. The first-order chi connectivity index (χ1) is 7.66. The van der Waals surface area contributed by atoms with Crippen LogP contribution in [-0.4, -0.2) is 11.0 Å². The minimum atomic E-state index is -0.390. The van der Waals surface area contributed by atoms with Crippen molar-refractivity contribution in [3.8, 4) is 0 Å². The summed E-state index contributed by atoms with van der Waals surface area (Å²) in [6, 6.07) is 2.69. The van der Waals surface area contributed by atoms with Gasteiger partial charge in [-0.1, -0.05) is 0 Å². The van der Waals surface area contributed by atoms with Crippen molar-refractivity contribution in [2.24, 2.45) is 0 Å². The van der Waals surface area contributed by atoms with E-state index in [1.807, 2.05) is 0 Å². The van der Waals surface area contributed by atoms with Crippen molar-refractivity contribution in [3.63, 3.8) is 0 Å². The Morgan fingerprint density at radius 3 is 2.81 bits per heavy atom. The number of fused-ring (bicyclic) bond motifs is 3. The smallest absolute Gasteiger partial charge is 0.147 e. The van der Waals surface area contributed by atoms with Gasteiger partial charge in [0.15, 0.2) is 0 Å². The van der Waals surface area contributed by atoms with Crippen LogP contribution >= 0.6 is 0 Å². The summed E-state index contributed by atoms with van der Waals surface area (Å²) < 4.78 is 27.2. The van der Waals surface area contributed by atoms with Crippen LogP contribution in [0.2, 0.25) is 0 Å². The zero-order chi connectivity index (χ0) is 11.3. The fourth-order valence-corrected chi connectivity index (χ4v) is 2.37. The van der Waals surface area contributed by atoms with Gasteiger partial charge in [-0.3, -0.25) is 0 Å². The molecule has 0 saturated heterocycles. The topological polar surface area (TPSA) is 27.8 Å². The average molecular weight is 222 g/mol. The van der Waals surface area contributed by atoms with Crippen LogP contribution < -0.4 is 5.32 Å². The third-order valence-electron chi connectivity index (χ3n) is 3.18. The van der Waals surface area contributed by atoms with Gasteiger partial charge in [-0.25, -0.2) is 8.78 Å². The summed E-state index contributed by atoms with van der Waals surface area (Å²) in [6.45, 7) is 2.65. The summed E-state index contributed by atoms with van der Waals surface area (Å²) in [5.74, 6) is -0.747. The fraction of sp³-hybridized carbons (Fsp3) is 0.333. The second-order valence-corrected chi connectivity index (χ2v) is 4.35. The van der Waals surface area contributed by atoms with Gasteiger partial charge in [0.1, 0.15) is 11.6 Å². The summed E-state index contributed by atoms with van der Waals surface area (Å²) in [4.78, 5) is 3.00. The number of halogens is 2. The van der Waals surface area contributed by atoms with Gasteiger partial charge in [0, 0.05) is 30.1 Å². The lowest BCUT2D eigenvalue weighted by molar-refractivity contribution is 0.510. The van der Waals surface area contributed by atoms with E-state index in [2.05, 4.69) is 17.2 Å². The van der Waals surface area contributed by atoms with E-state index in [1.165, 1.54) is 6.07 Å². The number of aromatic amines is 1. The number of nitrogens with one attached hydrogen (secondary N) is 2. The van der Waals surface area contributed by atoms with Crippen molar-refractivity contribution in [1.29, 1.82) is 0 Å². The summed E-state index contributed by atoms with van der Waals surface area (Å²) in [7, 11) is 0. The lowest BCUT2D eigenvalue weighted by Gasteiger charge is -2.20. The molecule has 1 aromatic carbocycles. The molecule has 84 valence electrons. The number of aromatic nitrogens is 1. The number of H-pyrrole nitrogens is 1. The minimum absolute atomic E-state index is 0.292. The highest BCUT2D eigenvalue weighted by Crippen LogP contribution is 2.29. The van der Waals surface area contributed by atoms with Crippen molar-refractivity contribution in [1.82, 2.24) is 10.3 Å². The molecule has 4 heteroatoms. The van der Waals surface area contributed by atoms with Gasteiger partial charge in [-0.2, -0.15) is 0 Å². The molecular formula is C12H12F2N2. The molecule has 16 heavy (non-hydrogen) atoms. The first-order valence-corrected chi connectivity index (χ1v) is 5.37. The Bertz CT molecular complexity index is 560. The molecule has 1 aliphatic rings. The molecule has 0 radical (unpaired) electrons. The molecule has 2 aromatic rings. The molecule has 2 nitrogen and oxygen atoms in total. The van der Waals surface area contributed by atoms with Gasteiger partial charge in [-0.05, 0) is 24.6 Å². The molecule has 1 aliphatic heterocycles. The molecule has 0 amide bonds. The Kier molecular flexibility index (Phi) is 2.01. The van der Waals surface area contributed by atoms with E-state index in [1.54, 1.807) is 0 Å². The molecule has 3 rings (SSSR count). The van der Waals surface area contributed by atoms with Crippen molar-refractivity contribution in [3.05, 3.63) is 35.0 Å². The van der Waals surface area contributed by atoms with E-state index >= 15 is 0 Å². The van der Waals surface area contributed by atoms with Crippen LogP contribution in [0, 0.1) is 11.6 Å². The third-order valence-corrected chi connectivity index (χ3v) is 3.18. The Morgan fingerprint density at radius 2 is 2.00 bits per heavy atom. The van der Waals surface area contributed by atoms with Crippen LogP contribution in [0.3, 0.4) is 0 Å². The van der Waals surface area contributed by atoms with Crippen LogP contribution in [0.25, 0.3) is 10.9 Å². The van der Waals surface area contributed by atoms with E-state index < -0.39 is 5.82 Å². The lowest BCUT2D eigenvalue weighted by atomic mass is 10.0. The second kappa shape index (κ2) is 3.28. The third kappa shape index (κ3) is 1.26. The molecule has 0 spiro atoms. The Morgan fingerprint density at radius 1 is 1.25 bits per heavy atom. The maximum Gasteiger partial charge on any atom is 0.147 e. The molecule has 0 fully saturated rings. The van der Waals surface area contributed by atoms with Gasteiger partial charge >= 0.3 is 0 Å². The Hall–Kier alpha value is -1.42. The van der Waals surface area contributed by atoms with Gasteiger partial charge in [0.05, 0.1) is 5.52 Å². The zero-order valence-electron chi connectivity index (χ0n) is 8.90. The van der Waals surface area contributed by atoms with E-state index in [4.69, 9.17) is 0 Å². The summed E-state index contributed by atoms with van der Waals surface area (Å²) in [5.41, 5.74) is 2.11. The average Bonchev–Trinajstić information content (AvgIpc) is 2.63. The molecule has 0 aliphatic carbocycles. The highest BCUT2D eigenvalue weighted by Gasteiger charge is 2.22. The van der Waals surface area contributed by atoms with Gasteiger partial charge < -0.3 is 10.3 Å². The fourth-order valence-electron chi connectivity index (χ4n) is 2.37. The summed E-state index contributed by atoms with van der Waals surface area (Å²) in [5, 5.41) is 3.65. The molecule has 1 aromatic heterocycles. The van der Waals surface area contributed by atoms with Crippen LogP contribution in [0.15, 0.2) is 12.1 Å². The molecule has 2 N–H and O–H groups in total. The molecule has 0 saturated carbocycles. The standard InChI is InChI=1S/C12H12F2N2/c1-6-4-10-7(5-15-6)11-8(13)2-3-9(14)12(11)16-10/h2-3,6,15-16H,4-5H2,1H3/t6-/m0/s1. The number of rotatable bonds is 0. The van der Waals surface area contributed by atoms with Crippen molar-refractivity contribution in [2.75, 3.05) is 0 Å². The largest absolute Gasteiger partial charge is 0.356 e. The second-order valence-electron chi connectivity index (χ2n) is 4.35. The highest BCUT2D eigenvalue weighted by atomic mass is 19.1. The molecule has 0 unspecified atom stereocenters. The van der Waals surface area contributed by atoms with E-state index in [-0.39, 0.29) is 5.82 Å². The van der Waals surface area contributed by atoms with E-state index in [0.717, 1.165) is 23.7 Å². The number of benzene rings is 1. The van der Waals surface area contributed by atoms with Gasteiger partial charge in [0.2, 0.25) is 0 Å². The van der Waals surface area contributed by atoms with E-state index in [0.29, 0.717) is 23.5 Å². The summed E-state index contributed by atoms with van der Waals surface area (Å²) >= 11 is 0. The minimum Gasteiger partial charge on any atom is -0.356 e. The van der Waals surface area contributed by atoms with Crippen LogP contribution in [0.1, 0.15) is 18.2 Å². The summed E-state index contributed by atoms with van der Waals surface area (Å²) in [6.07, 6.45) is 0.781. The van der Waals surface area contributed by atoms with Crippen LogP contribution in [0.5, 0.6) is 0 Å². The van der Waals surface area contributed by atoms with Crippen molar-refractivity contribution >= 4 is 10.9 Å². The van der Waals surface area contributed by atoms with Crippen molar-refractivity contribution in [2.45, 2.75) is 25.9 Å². The predicted molar refractivity (Wildman–Crippen MR) is 58.2 cm³/mol. The SMILES string of the molecule is C[C@H]1Cc2[nH]c3c(F)ccc(F)c3c2CN1. The first-order valence-electron chi connectivity index (χ1n) is 5.37. The Balaban J connectivity index is 2.33. The molecular weight excluding hydrogens is 210 g/mol. The van der Waals surface area contributed by atoms with Gasteiger partial charge in [-0.15, -0.1) is 0 Å². The molecule has 0 bridgehead atoms. The van der Waals surface area contributed by atoms with Crippen molar-refractivity contribution < 1.29 is 8.78 Å². The Labute approximate surface area is 91.7 Å². The maximum absolute atomic E-state index is 13.7. The lowest BCUT2D eigenvalue weighted by Crippen LogP contribution is -2.32. The van der Waals surface area contributed by atoms with Crippen LogP contribution in [-0.2, 0) is 13.0 Å². The quantitative estimate of drug-likeness (QED) is 0.704. The maximum atomic E-state index is 13.7. The van der Waals surface area contributed by atoms with Crippen LogP contribution in [0.4, 0.5) is 8.78 Å². The molecule has 1 atom stereocenters. The monoisotopic (exact) mass is 222 g/mol. The zero-order valence-corrected chi connectivity index (χ0v) is 8.90.